The summed E-state index contributed by atoms with van der Waals surface area (Å²) in [7, 11) is 5.51. The summed E-state index contributed by atoms with van der Waals surface area (Å²) in [6, 6.07) is 7.63. The Kier molecular flexibility index (Phi) is 4.36. The third-order valence-electron chi connectivity index (χ3n) is 2.92. The molecule has 2 aromatic rings. The predicted octanol–water partition coefficient (Wildman–Crippen LogP) is 2.50. The number of rotatable bonds is 5. The van der Waals surface area contributed by atoms with Gasteiger partial charge in [-0.1, -0.05) is 12.1 Å². The van der Waals surface area contributed by atoms with E-state index in [0.717, 1.165) is 16.3 Å². The molecule has 0 spiro atoms. The minimum absolute atomic E-state index is 0.0704. The van der Waals surface area contributed by atoms with E-state index in [4.69, 9.17) is 9.84 Å². The Labute approximate surface area is 121 Å². The van der Waals surface area contributed by atoms with Gasteiger partial charge < -0.3 is 9.84 Å². The smallest absolute Gasteiger partial charge is 0.355 e. The fourth-order valence-corrected chi connectivity index (χ4v) is 2.97. The number of nitrogens with zero attached hydrogens (tertiary/aromatic N) is 2. The van der Waals surface area contributed by atoms with Crippen molar-refractivity contribution in [1.29, 1.82) is 0 Å². The molecule has 0 aliphatic rings. The van der Waals surface area contributed by atoms with Crippen molar-refractivity contribution in [2.45, 2.75) is 6.04 Å². The summed E-state index contributed by atoms with van der Waals surface area (Å²) < 4.78 is 5.15. The number of aromatic carboxylic acids is 1. The van der Waals surface area contributed by atoms with Gasteiger partial charge in [0.25, 0.3) is 0 Å². The lowest BCUT2D eigenvalue weighted by Gasteiger charge is -2.22. The average molecular weight is 292 g/mol. The highest BCUT2D eigenvalue weighted by Gasteiger charge is 2.21. The number of aromatic nitrogens is 1. The van der Waals surface area contributed by atoms with Crippen LogP contribution in [0.4, 0.5) is 0 Å². The fourth-order valence-electron chi connectivity index (χ4n) is 1.96. The molecular weight excluding hydrogens is 276 g/mol. The standard InChI is InChI=1S/C14H16N2O3S/c1-16(2)12(9-4-6-10(19-3)7-5-9)13-15-11(8-20-13)14(17)18/h4-8,12H,1-3H3,(H,17,18). The van der Waals surface area contributed by atoms with Crippen LogP contribution in [0.5, 0.6) is 5.75 Å². The Bertz CT molecular complexity index is 593. The van der Waals surface area contributed by atoms with Crippen molar-refractivity contribution in [3.05, 3.63) is 45.9 Å². The second-order valence-electron chi connectivity index (χ2n) is 4.52. The molecule has 0 aliphatic carbocycles. The molecule has 0 saturated carbocycles. The van der Waals surface area contributed by atoms with E-state index in [0.29, 0.717) is 0 Å². The molecule has 1 aromatic heterocycles. The molecule has 0 radical (unpaired) electrons. The van der Waals surface area contributed by atoms with Gasteiger partial charge >= 0.3 is 5.97 Å². The molecule has 0 fully saturated rings. The third kappa shape index (κ3) is 2.97. The fraction of sp³-hybridized carbons (Fsp3) is 0.286. The first kappa shape index (κ1) is 14.5. The van der Waals surface area contributed by atoms with Crippen molar-refractivity contribution >= 4 is 17.3 Å². The van der Waals surface area contributed by atoms with Crippen LogP contribution in [-0.2, 0) is 0 Å². The first-order valence-electron chi connectivity index (χ1n) is 6.02. The van der Waals surface area contributed by atoms with Gasteiger partial charge in [-0.15, -0.1) is 11.3 Å². The molecule has 20 heavy (non-hydrogen) atoms. The van der Waals surface area contributed by atoms with Gasteiger partial charge in [0.05, 0.1) is 13.2 Å². The molecule has 106 valence electrons. The summed E-state index contributed by atoms with van der Waals surface area (Å²) in [5.74, 6) is -0.212. The number of ether oxygens (including phenoxy) is 1. The van der Waals surface area contributed by atoms with Crippen molar-refractivity contribution in [2.75, 3.05) is 21.2 Å². The van der Waals surface area contributed by atoms with Crippen molar-refractivity contribution < 1.29 is 14.6 Å². The van der Waals surface area contributed by atoms with Crippen LogP contribution < -0.4 is 4.74 Å². The molecule has 6 heteroatoms. The summed E-state index contributed by atoms with van der Waals surface area (Å²) in [6.07, 6.45) is 0. The van der Waals surface area contributed by atoms with Gasteiger partial charge in [0, 0.05) is 5.38 Å². The molecule has 1 unspecified atom stereocenters. The third-order valence-corrected chi connectivity index (χ3v) is 3.82. The maximum absolute atomic E-state index is 10.9. The second-order valence-corrected chi connectivity index (χ2v) is 5.41. The number of hydrogen-bond acceptors (Lipinski definition) is 5. The number of thiazole rings is 1. The van der Waals surface area contributed by atoms with Gasteiger partial charge in [-0.2, -0.15) is 0 Å². The summed E-state index contributed by atoms with van der Waals surface area (Å²) in [5.41, 5.74) is 1.13. The van der Waals surface area contributed by atoms with Gasteiger partial charge in [-0.3, -0.25) is 4.90 Å². The number of carboxylic acids is 1. The van der Waals surface area contributed by atoms with Crippen LogP contribution in [-0.4, -0.2) is 42.2 Å². The zero-order valence-corrected chi connectivity index (χ0v) is 12.3. The minimum atomic E-state index is -1.00. The molecule has 1 atom stereocenters. The summed E-state index contributed by atoms with van der Waals surface area (Å²) in [5, 5.41) is 11.3. The van der Waals surface area contributed by atoms with Crippen molar-refractivity contribution in [3.8, 4) is 5.75 Å². The van der Waals surface area contributed by atoms with E-state index in [1.165, 1.54) is 11.3 Å². The van der Waals surface area contributed by atoms with Gasteiger partial charge in [0.1, 0.15) is 10.8 Å². The van der Waals surface area contributed by atoms with Crippen LogP contribution >= 0.6 is 11.3 Å². The summed E-state index contributed by atoms with van der Waals surface area (Å²) >= 11 is 1.35. The Morgan fingerprint density at radius 2 is 2.00 bits per heavy atom. The molecular formula is C14H16N2O3S. The minimum Gasteiger partial charge on any atom is -0.497 e. The highest BCUT2D eigenvalue weighted by atomic mass is 32.1. The van der Waals surface area contributed by atoms with E-state index in [2.05, 4.69) is 4.98 Å². The number of hydrogen-bond donors (Lipinski definition) is 1. The van der Waals surface area contributed by atoms with E-state index in [1.54, 1.807) is 12.5 Å². The van der Waals surface area contributed by atoms with E-state index in [-0.39, 0.29) is 11.7 Å². The zero-order valence-electron chi connectivity index (χ0n) is 11.5. The normalized spacial score (nSPS) is 12.4. The Hall–Kier alpha value is -1.92. The van der Waals surface area contributed by atoms with Crippen molar-refractivity contribution in [2.24, 2.45) is 0 Å². The van der Waals surface area contributed by atoms with E-state index >= 15 is 0 Å². The SMILES string of the molecule is COc1ccc(C(c2nc(C(=O)O)cs2)N(C)C)cc1. The largest absolute Gasteiger partial charge is 0.497 e. The lowest BCUT2D eigenvalue weighted by atomic mass is 10.1. The Morgan fingerprint density at radius 1 is 1.35 bits per heavy atom. The van der Waals surface area contributed by atoms with Crippen LogP contribution in [0.3, 0.4) is 0 Å². The van der Waals surface area contributed by atoms with Gasteiger partial charge in [0.2, 0.25) is 0 Å². The van der Waals surface area contributed by atoms with Crippen LogP contribution in [0.2, 0.25) is 0 Å². The van der Waals surface area contributed by atoms with Crippen LogP contribution in [0, 0.1) is 0 Å². The number of methoxy groups -OCH3 is 1. The Balaban J connectivity index is 2.36. The van der Waals surface area contributed by atoms with E-state index in [9.17, 15) is 4.79 Å². The lowest BCUT2D eigenvalue weighted by molar-refractivity contribution is 0.0691. The summed E-state index contributed by atoms with van der Waals surface area (Å²) in [4.78, 5) is 17.1. The van der Waals surface area contributed by atoms with E-state index < -0.39 is 5.97 Å². The first-order valence-corrected chi connectivity index (χ1v) is 6.90. The molecule has 1 aromatic carbocycles. The molecule has 0 bridgehead atoms. The maximum atomic E-state index is 10.9. The average Bonchev–Trinajstić information content (AvgIpc) is 2.89. The summed E-state index contributed by atoms with van der Waals surface area (Å²) in [6.45, 7) is 0. The molecule has 0 saturated heterocycles. The topological polar surface area (TPSA) is 62.7 Å². The predicted molar refractivity (Wildman–Crippen MR) is 77.6 cm³/mol. The molecule has 2 rings (SSSR count). The van der Waals surface area contributed by atoms with Crippen molar-refractivity contribution in [3.63, 3.8) is 0 Å². The van der Waals surface area contributed by atoms with Gasteiger partial charge in [0.15, 0.2) is 5.69 Å². The second kappa shape index (κ2) is 6.02. The number of carbonyl (C=O) groups is 1. The van der Waals surface area contributed by atoms with Gasteiger partial charge in [-0.25, -0.2) is 9.78 Å². The quantitative estimate of drug-likeness (QED) is 0.917. The first-order chi connectivity index (χ1) is 9.52. The number of carboxylic acid groups (broad SMARTS) is 1. The highest BCUT2D eigenvalue weighted by Crippen LogP contribution is 2.30. The maximum Gasteiger partial charge on any atom is 0.355 e. The van der Waals surface area contributed by atoms with E-state index in [1.807, 2.05) is 43.3 Å². The molecule has 0 aliphatic heterocycles. The van der Waals surface area contributed by atoms with Crippen LogP contribution in [0.15, 0.2) is 29.6 Å². The highest BCUT2D eigenvalue weighted by molar-refractivity contribution is 7.10. The Morgan fingerprint density at radius 3 is 2.45 bits per heavy atom. The molecule has 1 heterocycles. The molecule has 0 amide bonds. The number of benzene rings is 1. The van der Waals surface area contributed by atoms with Gasteiger partial charge in [-0.05, 0) is 31.8 Å². The van der Waals surface area contributed by atoms with Crippen LogP contribution in [0.25, 0.3) is 0 Å². The lowest BCUT2D eigenvalue weighted by Crippen LogP contribution is -2.21. The zero-order chi connectivity index (χ0) is 14.7. The monoisotopic (exact) mass is 292 g/mol. The molecule has 5 nitrogen and oxygen atoms in total. The van der Waals surface area contributed by atoms with Crippen LogP contribution in [0.1, 0.15) is 27.1 Å². The molecule has 1 N–H and O–H groups in total. The van der Waals surface area contributed by atoms with Crippen molar-refractivity contribution in [1.82, 2.24) is 9.88 Å².